The Balaban J connectivity index is 1.94. The number of unbranched alkanes of at least 4 members (excludes halogenated alkanes) is 1. The normalized spacial score (nSPS) is 20.6. The minimum Gasteiger partial charge on any atom is -0.480 e. The van der Waals surface area contributed by atoms with Crippen LogP contribution in [0.4, 0.5) is 0 Å². The second-order valence-corrected chi connectivity index (χ2v) is 5.03. The summed E-state index contributed by atoms with van der Waals surface area (Å²) in [5.41, 5.74) is 0. The highest BCUT2D eigenvalue weighted by atomic mass is 16.5. The molecule has 2 rings (SSSR count). The van der Waals surface area contributed by atoms with Crippen molar-refractivity contribution >= 4 is 5.97 Å². The number of carboxylic acid groups (broad SMARTS) is 1. The number of hydrogen-bond acceptors (Lipinski definition) is 5. The van der Waals surface area contributed by atoms with E-state index in [4.69, 9.17) is 4.52 Å². The zero-order valence-corrected chi connectivity index (χ0v) is 11.3. The Bertz CT molecular complexity index is 419. The lowest BCUT2D eigenvalue weighted by molar-refractivity contribution is -0.144. The van der Waals surface area contributed by atoms with Crippen molar-refractivity contribution in [1.29, 1.82) is 0 Å². The number of aliphatic carboxylic acids is 1. The fourth-order valence-electron chi connectivity index (χ4n) is 2.43. The number of rotatable bonds is 6. The highest BCUT2D eigenvalue weighted by Crippen LogP contribution is 2.19. The Kier molecular flexibility index (Phi) is 4.90. The third kappa shape index (κ3) is 3.76. The van der Waals surface area contributed by atoms with Gasteiger partial charge in [-0.1, -0.05) is 24.9 Å². The summed E-state index contributed by atoms with van der Waals surface area (Å²) in [4.78, 5) is 17.4. The SMILES string of the molecule is CCCCc1nc(CN2CCCC[C@H]2C(=O)O)no1. The summed E-state index contributed by atoms with van der Waals surface area (Å²) in [7, 11) is 0. The standard InChI is InChI=1S/C13H21N3O3/c1-2-3-7-12-14-11(15-19-12)9-16-8-5-4-6-10(16)13(17)18/h10H,2-9H2,1H3,(H,17,18)/t10-/m0/s1. The van der Waals surface area contributed by atoms with E-state index in [0.717, 1.165) is 38.6 Å². The van der Waals surface area contributed by atoms with Crippen molar-refractivity contribution in [3.05, 3.63) is 11.7 Å². The second-order valence-electron chi connectivity index (χ2n) is 5.03. The summed E-state index contributed by atoms with van der Waals surface area (Å²) in [5.74, 6) is 0.495. The van der Waals surface area contributed by atoms with Gasteiger partial charge in [-0.15, -0.1) is 0 Å². The van der Waals surface area contributed by atoms with E-state index in [1.54, 1.807) is 0 Å². The van der Waals surface area contributed by atoms with Gasteiger partial charge < -0.3 is 9.63 Å². The van der Waals surface area contributed by atoms with Crippen LogP contribution in [0, 0.1) is 0 Å². The molecule has 1 N–H and O–H groups in total. The summed E-state index contributed by atoms with van der Waals surface area (Å²) in [5, 5.41) is 13.1. The molecule has 6 nitrogen and oxygen atoms in total. The van der Waals surface area contributed by atoms with E-state index in [0.29, 0.717) is 24.7 Å². The number of piperidine rings is 1. The lowest BCUT2D eigenvalue weighted by Gasteiger charge is -2.31. The fourth-order valence-corrected chi connectivity index (χ4v) is 2.43. The second kappa shape index (κ2) is 6.65. The molecule has 0 bridgehead atoms. The van der Waals surface area contributed by atoms with Crippen LogP contribution in [0.1, 0.15) is 50.7 Å². The number of nitrogens with zero attached hydrogens (tertiary/aromatic N) is 3. The van der Waals surface area contributed by atoms with E-state index >= 15 is 0 Å². The summed E-state index contributed by atoms with van der Waals surface area (Å²) in [6.45, 7) is 3.37. The highest BCUT2D eigenvalue weighted by molar-refractivity contribution is 5.73. The Labute approximate surface area is 112 Å². The van der Waals surface area contributed by atoms with E-state index in [1.165, 1.54) is 0 Å². The molecule has 1 aliphatic rings. The maximum absolute atomic E-state index is 11.2. The molecule has 1 atom stereocenters. The van der Waals surface area contributed by atoms with Gasteiger partial charge in [0.25, 0.3) is 0 Å². The molecular formula is C13H21N3O3. The smallest absolute Gasteiger partial charge is 0.320 e. The largest absolute Gasteiger partial charge is 0.480 e. The van der Waals surface area contributed by atoms with E-state index in [9.17, 15) is 9.90 Å². The van der Waals surface area contributed by atoms with Crippen LogP contribution in [-0.4, -0.2) is 38.7 Å². The van der Waals surface area contributed by atoms with E-state index in [-0.39, 0.29) is 0 Å². The first-order valence-corrected chi connectivity index (χ1v) is 6.99. The van der Waals surface area contributed by atoms with Crippen molar-refractivity contribution in [3.8, 4) is 0 Å². The molecule has 0 amide bonds. The van der Waals surface area contributed by atoms with Gasteiger partial charge in [0, 0.05) is 6.42 Å². The van der Waals surface area contributed by atoms with Gasteiger partial charge in [-0.2, -0.15) is 4.98 Å². The number of likely N-dealkylation sites (tertiary alicyclic amines) is 1. The molecule has 0 unspecified atom stereocenters. The molecule has 0 aromatic carbocycles. The van der Waals surface area contributed by atoms with Crippen molar-refractivity contribution < 1.29 is 14.4 Å². The predicted molar refractivity (Wildman–Crippen MR) is 68.6 cm³/mol. The molecule has 2 heterocycles. The van der Waals surface area contributed by atoms with E-state index < -0.39 is 12.0 Å². The summed E-state index contributed by atoms with van der Waals surface area (Å²) < 4.78 is 5.17. The predicted octanol–water partition coefficient (Wildman–Crippen LogP) is 1.85. The number of aryl methyl sites for hydroxylation is 1. The first-order chi connectivity index (χ1) is 9.20. The van der Waals surface area contributed by atoms with Crippen LogP contribution in [0.15, 0.2) is 4.52 Å². The van der Waals surface area contributed by atoms with Gasteiger partial charge in [0.15, 0.2) is 5.82 Å². The van der Waals surface area contributed by atoms with Crippen molar-refractivity contribution in [3.63, 3.8) is 0 Å². The molecule has 0 radical (unpaired) electrons. The van der Waals surface area contributed by atoms with Gasteiger partial charge >= 0.3 is 5.97 Å². The zero-order valence-electron chi connectivity index (χ0n) is 11.3. The minimum atomic E-state index is -0.755. The topological polar surface area (TPSA) is 79.5 Å². The molecule has 1 aromatic heterocycles. The molecule has 106 valence electrons. The lowest BCUT2D eigenvalue weighted by Crippen LogP contribution is -2.44. The quantitative estimate of drug-likeness (QED) is 0.847. The molecule has 0 spiro atoms. The Morgan fingerprint density at radius 2 is 2.37 bits per heavy atom. The van der Waals surface area contributed by atoms with E-state index in [1.807, 2.05) is 4.90 Å². The number of carbonyl (C=O) groups is 1. The number of hydrogen-bond donors (Lipinski definition) is 1. The summed E-state index contributed by atoms with van der Waals surface area (Å²) in [6, 6.07) is -0.411. The van der Waals surface area contributed by atoms with Gasteiger partial charge in [0.1, 0.15) is 6.04 Å². The fraction of sp³-hybridized carbons (Fsp3) is 0.769. The molecular weight excluding hydrogens is 246 g/mol. The maximum Gasteiger partial charge on any atom is 0.320 e. The van der Waals surface area contributed by atoms with Crippen LogP contribution in [0.5, 0.6) is 0 Å². The molecule has 6 heteroatoms. The zero-order chi connectivity index (χ0) is 13.7. The van der Waals surface area contributed by atoms with Gasteiger partial charge in [0.2, 0.25) is 5.89 Å². The van der Waals surface area contributed by atoms with Gasteiger partial charge in [-0.25, -0.2) is 0 Å². The Morgan fingerprint density at radius 1 is 1.53 bits per heavy atom. The van der Waals surface area contributed by atoms with Crippen molar-refractivity contribution in [2.75, 3.05) is 6.54 Å². The summed E-state index contributed by atoms with van der Waals surface area (Å²) in [6.07, 6.45) is 5.63. The average Bonchev–Trinajstić information content (AvgIpc) is 2.84. The first kappa shape index (κ1) is 14.0. The van der Waals surface area contributed by atoms with Crippen LogP contribution in [0.3, 0.4) is 0 Å². The van der Waals surface area contributed by atoms with Crippen LogP contribution >= 0.6 is 0 Å². The van der Waals surface area contributed by atoms with Crippen LogP contribution < -0.4 is 0 Å². The molecule has 19 heavy (non-hydrogen) atoms. The molecule has 1 saturated heterocycles. The summed E-state index contributed by atoms with van der Waals surface area (Å²) >= 11 is 0. The average molecular weight is 267 g/mol. The van der Waals surface area contributed by atoms with E-state index in [2.05, 4.69) is 17.1 Å². The molecule has 1 aromatic rings. The third-order valence-electron chi connectivity index (χ3n) is 3.50. The van der Waals surface area contributed by atoms with Crippen LogP contribution in [0.25, 0.3) is 0 Å². The highest BCUT2D eigenvalue weighted by Gasteiger charge is 2.29. The van der Waals surface area contributed by atoms with Gasteiger partial charge in [0.05, 0.1) is 6.54 Å². The molecule has 1 aliphatic heterocycles. The van der Waals surface area contributed by atoms with Crippen LogP contribution in [0.2, 0.25) is 0 Å². The third-order valence-corrected chi connectivity index (χ3v) is 3.50. The minimum absolute atomic E-state index is 0.411. The van der Waals surface area contributed by atoms with Gasteiger partial charge in [-0.3, -0.25) is 9.69 Å². The van der Waals surface area contributed by atoms with Crippen molar-refractivity contribution in [2.45, 2.75) is 58.0 Å². The number of aromatic nitrogens is 2. The lowest BCUT2D eigenvalue weighted by atomic mass is 10.0. The van der Waals surface area contributed by atoms with Crippen molar-refractivity contribution in [1.82, 2.24) is 15.0 Å². The first-order valence-electron chi connectivity index (χ1n) is 6.99. The molecule has 0 saturated carbocycles. The Hall–Kier alpha value is -1.43. The Morgan fingerprint density at radius 3 is 3.11 bits per heavy atom. The van der Waals surface area contributed by atoms with Gasteiger partial charge in [-0.05, 0) is 25.8 Å². The maximum atomic E-state index is 11.2. The number of carboxylic acids is 1. The molecule has 1 fully saturated rings. The monoisotopic (exact) mass is 267 g/mol. The van der Waals surface area contributed by atoms with Crippen LogP contribution in [-0.2, 0) is 17.8 Å². The molecule has 0 aliphatic carbocycles. The van der Waals surface area contributed by atoms with Crippen molar-refractivity contribution in [2.24, 2.45) is 0 Å².